The molecule has 3 aromatic rings. The first-order chi connectivity index (χ1) is 12.7. The van der Waals surface area contributed by atoms with Crippen molar-refractivity contribution in [1.82, 2.24) is 10.3 Å². The second-order valence-electron chi connectivity index (χ2n) is 5.54. The predicted octanol–water partition coefficient (Wildman–Crippen LogP) is 3.32. The van der Waals surface area contributed by atoms with Gasteiger partial charge in [-0.1, -0.05) is 36.4 Å². The van der Waals surface area contributed by atoms with Crippen LogP contribution < -0.4 is 5.32 Å². The maximum Gasteiger partial charge on any atom is 0.312 e. The summed E-state index contributed by atoms with van der Waals surface area (Å²) >= 11 is 3.10. The molecular weight excluding hydrogens is 368 g/mol. The van der Waals surface area contributed by atoms with Crippen molar-refractivity contribution in [1.29, 1.82) is 0 Å². The van der Waals surface area contributed by atoms with Crippen molar-refractivity contribution in [3.8, 4) is 9.88 Å². The second-order valence-corrected chi connectivity index (χ2v) is 7.35. The molecule has 26 heavy (non-hydrogen) atoms. The fourth-order valence-corrected chi connectivity index (χ4v) is 3.92. The number of nitrogens with one attached hydrogen (secondary N) is 1. The second kappa shape index (κ2) is 9.26. The van der Waals surface area contributed by atoms with Gasteiger partial charge in [0.05, 0.1) is 17.0 Å². The number of carbonyl (C=O) groups excluding carboxylic acids is 2. The minimum absolute atomic E-state index is 0.0686. The summed E-state index contributed by atoms with van der Waals surface area (Å²) in [5.74, 6) is -0.752. The lowest BCUT2D eigenvalue weighted by Gasteiger charge is -2.06. The zero-order chi connectivity index (χ0) is 18.2. The Labute approximate surface area is 159 Å². The van der Waals surface area contributed by atoms with E-state index >= 15 is 0 Å². The van der Waals surface area contributed by atoms with Gasteiger partial charge in [0.1, 0.15) is 5.01 Å². The summed E-state index contributed by atoms with van der Waals surface area (Å²) in [5.41, 5.74) is 1.81. The van der Waals surface area contributed by atoms with E-state index in [1.165, 1.54) is 11.3 Å². The van der Waals surface area contributed by atoms with Gasteiger partial charge >= 0.3 is 5.97 Å². The van der Waals surface area contributed by atoms with E-state index in [9.17, 15) is 9.59 Å². The van der Waals surface area contributed by atoms with Crippen LogP contribution in [0.4, 0.5) is 0 Å². The van der Waals surface area contributed by atoms with Gasteiger partial charge in [0.2, 0.25) is 0 Å². The molecule has 134 valence electrons. The lowest BCUT2D eigenvalue weighted by molar-refractivity contribution is -0.147. The van der Waals surface area contributed by atoms with Gasteiger partial charge in [-0.15, -0.1) is 22.7 Å². The molecule has 0 unspecified atom stereocenters. The van der Waals surface area contributed by atoms with E-state index < -0.39 is 5.97 Å². The highest BCUT2D eigenvalue weighted by Gasteiger charge is 2.12. The molecule has 1 N–H and O–H groups in total. The molecule has 0 aliphatic rings. The molecule has 5 nitrogen and oxygen atoms in total. The molecule has 0 saturated heterocycles. The smallest absolute Gasteiger partial charge is 0.312 e. The maximum absolute atomic E-state index is 11.9. The van der Waals surface area contributed by atoms with E-state index in [1.54, 1.807) is 11.3 Å². The molecule has 3 rings (SSSR count). The Morgan fingerprint density at radius 1 is 1.08 bits per heavy atom. The van der Waals surface area contributed by atoms with Crippen LogP contribution in [0, 0.1) is 0 Å². The van der Waals surface area contributed by atoms with Crippen LogP contribution in [0.2, 0.25) is 0 Å². The quantitative estimate of drug-likeness (QED) is 0.603. The number of nitrogens with zero attached hydrogens (tertiary/aromatic N) is 1. The fraction of sp³-hybridized carbons (Fsp3) is 0.211. The van der Waals surface area contributed by atoms with Crippen LogP contribution in [-0.4, -0.2) is 30.0 Å². The van der Waals surface area contributed by atoms with Crippen LogP contribution in [0.3, 0.4) is 0 Å². The van der Waals surface area contributed by atoms with Gasteiger partial charge in [-0.2, -0.15) is 0 Å². The Hall–Kier alpha value is -2.51. The summed E-state index contributed by atoms with van der Waals surface area (Å²) in [6.07, 6.45) is 0.810. The molecule has 7 heteroatoms. The molecule has 0 bridgehead atoms. The van der Waals surface area contributed by atoms with Gasteiger partial charge in [-0.05, 0) is 23.4 Å². The van der Waals surface area contributed by atoms with E-state index in [-0.39, 0.29) is 18.9 Å². The number of amides is 1. The molecule has 0 saturated carbocycles. The fourth-order valence-electron chi connectivity index (χ4n) is 2.29. The largest absolute Gasteiger partial charge is 0.455 e. The molecule has 0 spiro atoms. The summed E-state index contributed by atoms with van der Waals surface area (Å²) in [6, 6.07) is 13.8. The van der Waals surface area contributed by atoms with Crippen molar-refractivity contribution >= 4 is 34.6 Å². The molecule has 1 amide bonds. The number of benzene rings is 1. The summed E-state index contributed by atoms with van der Waals surface area (Å²) in [5, 5.41) is 7.47. The van der Waals surface area contributed by atoms with Crippen LogP contribution in [0.15, 0.2) is 53.2 Å². The van der Waals surface area contributed by atoms with E-state index in [4.69, 9.17) is 4.74 Å². The number of carbonyl (C=O) groups is 2. The summed E-state index contributed by atoms with van der Waals surface area (Å²) in [7, 11) is 0. The Balaban J connectivity index is 1.36. The molecule has 0 fully saturated rings. The minimum Gasteiger partial charge on any atom is -0.455 e. The molecular formula is C19H18N2O3S2. The zero-order valence-electron chi connectivity index (χ0n) is 14.0. The predicted molar refractivity (Wildman–Crippen MR) is 103 cm³/mol. The molecule has 1 aromatic carbocycles. The first kappa shape index (κ1) is 18.3. The SMILES string of the molecule is O=C(COC(=O)Cc1csc(-c2cccs2)n1)NCCc1ccccc1. The Kier molecular flexibility index (Phi) is 6.51. The topological polar surface area (TPSA) is 68.3 Å². The number of thiazole rings is 1. The third-order valence-electron chi connectivity index (χ3n) is 3.55. The summed E-state index contributed by atoms with van der Waals surface area (Å²) in [4.78, 5) is 29.1. The van der Waals surface area contributed by atoms with Crippen molar-refractivity contribution in [3.05, 3.63) is 64.5 Å². The van der Waals surface area contributed by atoms with Gasteiger partial charge in [-0.3, -0.25) is 9.59 Å². The van der Waals surface area contributed by atoms with E-state index in [2.05, 4.69) is 10.3 Å². The summed E-state index contributed by atoms with van der Waals surface area (Å²) < 4.78 is 5.03. The van der Waals surface area contributed by atoms with Crippen molar-refractivity contribution in [2.75, 3.05) is 13.2 Å². The molecule has 2 aromatic heterocycles. The van der Waals surface area contributed by atoms with Crippen LogP contribution in [0.5, 0.6) is 0 Å². The lowest BCUT2D eigenvalue weighted by Crippen LogP contribution is -2.30. The van der Waals surface area contributed by atoms with E-state index in [0.29, 0.717) is 12.2 Å². The third kappa shape index (κ3) is 5.50. The van der Waals surface area contributed by atoms with Crippen LogP contribution in [-0.2, 0) is 27.2 Å². The van der Waals surface area contributed by atoms with Crippen molar-refractivity contribution in [2.24, 2.45) is 0 Å². The van der Waals surface area contributed by atoms with E-state index in [1.807, 2.05) is 53.2 Å². The Morgan fingerprint density at radius 2 is 1.92 bits per heavy atom. The number of hydrogen-bond acceptors (Lipinski definition) is 6. The number of aromatic nitrogens is 1. The first-order valence-electron chi connectivity index (χ1n) is 8.15. The number of ether oxygens (including phenoxy) is 1. The highest BCUT2D eigenvalue weighted by atomic mass is 32.1. The third-order valence-corrected chi connectivity index (χ3v) is 5.48. The molecule has 2 heterocycles. The van der Waals surface area contributed by atoms with Crippen molar-refractivity contribution in [2.45, 2.75) is 12.8 Å². The summed E-state index contributed by atoms with van der Waals surface area (Å²) in [6.45, 7) is 0.242. The van der Waals surface area contributed by atoms with Crippen LogP contribution in [0.25, 0.3) is 9.88 Å². The zero-order valence-corrected chi connectivity index (χ0v) is 15.6. The molecule has 0 aliphatic carbocycles. The van der Waals surface area contributed by atoms with Gasteiger partial charge in [0.15, 0.2) is 6.61 Å². The highest BCUT2D eigenvalue weighted by molar-refractivity contribution is 7.20. The van der Waals surface area contributed by atoms with Gasteiger partial charge in [0, 0.05) is 11.9 Å². The van der Waals surface area contributed by atoms with Crippen LogP contribution in [0.1, 0.15) is 11.3 Å². The molecule has 0 aliphatic heterocycles. The average molecular weight is 386 g/mol. The Bertz CT molecular complexity index is 845. The standard InChI is InChI=1S/C19H18N2O3S2/c22-17(20-9-8-14-5-2-1-3-6-14)12-24-18(23)11-15-13-26-19(21-15)16-7-4-10-25-16/h1-7,10,13H,8-9,11-12H2,(H,20,22). The van der Waals surface area contributed by atoms with Gasteiger partial charge in [0.25, 0.3) is 5.91 Å². The monoisotopic (exact) mass is 386 g/mol. The highest BCUT2D eigenvalue weighted by Crippen LogP contribution is 2.27. The van der Waals surface area contributed by atoms with Crippen molar-refractivity contribution in [3.63, 3.8) is 0 Å². The van der Waals surface area contributed by atoms with Crippen LogP contribution >= 0.6 is 22.7 Å². The first-order valence-corrected chi connectivity index (χ1v) is 9.91. The number of esters is 1. The lowest BCUT2D eigenvalue weighted by atomic mass is 10.1. The average Bonchev–Trinajstić information content (AvgIpc) is 3.32. The van der Waals surface area contributed by atoms with Gasteiger partial charge < -0.3 is 10.1 Å². The minimum atomic E-state index is -0.453. The van der Waals surface area contributed by atoms with Gasteiger partial charge in [-0.25, -0.2) is 4.98 Å². The number of rotatable bonds is 8. The maximum atomic E-state index is 11.9. The van der Waals surface area contributed by atoms with E-state index in [0.717, 1.165) is 21.9 Å². The normalized spacial score (nSPS) is 10.5. The Morgan fingerprint density at radius 3 is 2.69 bits per heavy atom. The number of hydrogen-bond donors (Lipinski definition) is 1. The van der Waals surface area contributed by atoms with Crippen molar-refractivity contribution < 1.29 is 14.3 Å². The number of thiophene rings is 1. The molecule has 0 radical (unpaired) electrons. The molecule has 0 atom stereocenters.